The van der Waals surface area contributed by atoms with E-state index < -0.39 is 41.3 Å². The van der Waals surface area contributed by atoms with Crippen LogP contribution in [0.2, 0.25) is 0 Å². The molecule has 5 rings (SSSR count). The van der Waals surface area contributed by atoms with Crippen molar-refractivity contribution in [1.29, 1.82) is 0 Å². The van der Waals surface area contributed by atoms with Gasteiger partial charge in [-0.25, -0.2) is 9.78 Å². The number of nitrogens with zero attached hydrogens (tertiary/aromatic N) is 2. The number of aliphatic carboxylic acids is 1. The number of rotatable bonds is 14. The van der Waals surface area contributed by atoms with Crippen molar-refractivity contribution < 1.29 is 41.8 Å². The predicted molar refractivity (Wildman–Crippen MR) is 188 cm³/mol. The topological polar surface area (TPSA) is 180 Å². The predicted octanol–water partition coefficient (Wildman–Crippen LogP) is 6.14. The van der Waals surface area contributed by atoms with Gasteiger partial charge in [-0.2, -0.15) is 22.7 Å². The lowest BCUT2D eigenvalue weighted by Gasteiger charge is -2.27. The third-order valence-electron chi connectivity index (χ3n) is 9.78. The monoisotopic (exact) mass is 736 g/mol. The first-order chi connectivity index (χ1) is 25.1. The second-order valence-corrected chi connectivity index (χ2v) is 13.4. The summed E-state index contributed by atoms with van der Waals surface area (Å²) < 4.78 is 55.7. The summed E-state index contributed by atoms with van der Waals surface area (Å²) in [6, 6.07) is 18.6. The number of benzene rings is 3. The average molecular weight is 737 g/mol. The van der Waals surface area contributed by atoms with E-state index in [0.29, 0.717) is 36.6 Å². The molecule has 4 aromatic rings. The van der Waals surface area contributed by atoms with Crippen molar-refractivity contribution in [1.82, 2.24) is 20.5 Å². The Kier molecular flexibility index (Phi) is 11.8. The van der Waals surface area contributed by atoms with Crippen molar-refractivity contribution in [2.24, 2.45) is 23.5 Å². The lowest BCUT2D eigenvalue weighted by molar-refractivity contribution is -0.231. The van der Waals surface area contributed by atoms with Crippen LogP contribution in [0.4, 0.5) is 23.2 Å². The van der Waals surface area contributed by atoms with E-state index in [4.69, 9.17) is 10.8 Å². The molecule has 1 aliphatic rings. The summed E-state index contributed by atoms with van der Waals surface area (Å²) >= 11 is 0. The van der Waals surface area contributed by atoms with Crippen LogP contribution < -0.4 is 16.4 Å². The number of carboxylic acids is 1. The standard InChI is InChI=1S/C38H40F4N6O5/c1-21-3-8-27(33(50)44-2)18-30(21)24-9-4-22(5-10-24)17-28(19-31(49)25-11-6-23(20-43)7-12-25)34(51)45-29-15-13-26(14-16-29)32-46-35(48-47-32)37(39,40)38(41,42)36(52)53/h3-5,8-10,13-16,18,23,25,28H,6-7,11-12,17,19-20,43H2,1-2H3,(H,44,50)(H,45,51)(H,52,53)(H,46,47,48)/t23?,25?,28-/m1/s1. The number of hydrogen-bond donors (Lipinski definition) is 5. The molecule has 6 N–H and O–H groups in total. The molecule has 1 aromatic heterocycles. The number of hydrogen-bond acceptors (Lipinski definition) is 7. The molecule has 0 spiro atoms. The van der Waals surface area contributed by atoms with Crippen molar-refractivity contribution in [2.75, 3.05) is 18.9 Å². The van der Waals surface area contributed by atoms with Crippen LogP contribution in [0.1, 0.15) is 59.4 Å². The lowest BCUT2D eigenvalue weighted by Crippen LogP contribution is -2.45. The highest BCUT2D eigenvalue weighted by Crippen LogP contribution is 2.42. The molecule has 280 valence electrons. The number of H-pyrrole nitrogens is 1. The molecule has 53 heavy (non-hydrogen) atoms. The van der Waals surface area contributed by atoms with Gasteiger partial charge in [-0.05, 0) is 110 Å². The van der Waals surface area contributed by atoms with E-state index in [9.17, 15) is 36.7 Å². The van der Waals surface area contributed by atoms with Crippen molar-refractivity contribution >= 4 is 29.3 Å². The van der Waals surface area contributed by atoms with Gasteiger partial charge in [0.2, 0.25) is 11.7 Å². The number of ketones is 1. The number of carbonyl (C=O) groups excluding carboxylic acids is 3. The smallest absolute Gasteiger partial charge is 0.411 e. The number of carboxylic acid groups (broad SMARTS) is 1. The van der Waals surface area contributed by atoms with Crippen LogP contribution in [0.15, 0.2) is 66.7 Å². The van der Waals surface area contributed by atoms with E-state index in [1.807, 2.05) is 43.3 Å². The molecule has 1 heterocycles. The molecular formula is C38H40F4N6O5. The van der Waals surface area contributed by atoms with E-state index in [-0.39, 0.29) is 36.0 Å². The number of alkyl halides is 4. The molecule has 0 unspecified atom stereocenters. The zero-order chi connectivity index (χ0) is 38.5. The average Bonchev–Trinajstić information content (AvgIpc) is 3.66. The summed E-state index contributed by atoms with van der Waals surface area (Å²) in [5.74, 6) is -16.8. The normalized spacial score (nSPS) is 16.8. The molecule has 0 aliphatic heterocycles. The molecule has 2 amide bonds. The fourth-order valence-electron chi connectivity index (χ4n) is 6.47. The quantitative estimate of drug-likeness (QED) is 0.0958. The van der Waals surface area contributed by atoms with Crippen LogP contribution in [0.25, 0.3) is 22.5 Å². The molecule has 11 nitrogen and oxygen atoms in total. The highest BCUT2D eigenvalue weighted by Gasteiger charge is 2.65. The van der Waals surface area contributed by atoms with Crippen LogP contribution in [0.5, 0.6) is 0 Å². The Balaban J connectivity index is 1.33. The van der Waals surface area contributed by atoms with Gasteiger partial charge < -0.3 is 21.5 Å². The lowest BCUT2D eigenvalue weighted by atomic mass is 9.77. The van der Waals surface area contributed by atoms with Crippen LogP contribution in [-0.2, 0) is 26.7 Å². The van der Waals surface area contributed by atoms with Crippen molar-refractivity contribution in [3.05, 3.63) is 89.2 Å². The zero-order valence-corrected chi connectivity index (χ0v) is 29.1. The van der Waals surface area contributed by atoms with Crippen LogP contribution in [0.3, 0.4) is 0 Å². The van der Waals surface area contributed by atoms with E-state index in [1.165, 1.54) is 24.3 Å². The van der Waals surface area contributed by atoms with Gasteiger partial charge in [0, 0.05) is 42.1 Å². The van der Waals surface area contributed by atoms with Crippen LogP contribution in [0, 0.1) is 24.7 Å². The molecule has 3 aromatic carbocycles. The number of nitrogens with one attached hydrogen (secondary N) is 3. The van der Waals surface area contributed by atoms with Crippen molar-refractivity contribution in [3.63, 3.8) is 0 Å². The maximum atomic E-state index is 14.2. The SMILES string of the molecule is CNC(=O)c1ccc(C)c(-c2ccc(C[C@H](CC(=O)C3CCC(CN)CC3)C(=O)Nc3ccc(-c4n[nH]c(C(F)(F)C(F)(F)C(=O)O)n4)cc3)cc2)c1. The van der Waals surface area contributed by atoms with Gasteiger partial charge in [0.1, 0.15) is 5.78 Å². The van der Waals surface area contributed by atoms with Gasteiger partial charge in [-0.15, -0.1) is 0 Å². The van der Waals surface area contributed by atoms with E-state index in [0.717, 1.165) is 35.1 Å². The summed E-state index contributed by atoms with van der Waals surface area (Å²) in [5.41, 5.74) is 10.3. The molecule has 15 heteroatoms. The molecule has 1 fully saturated rings. The Morgan fingerprint density at radius 1 is 0.943 bits per heavy atom. The number of nitrogens with two attached hydrogens (primary N) is 1. The summed E-state index contributed by atoms with van der Waals surface area (Å²) in [6.45, 7) is 2.52. The fraction of sp³-hybridized carbons (Fsp3) is 0.368. The maximum absolute atomic E-state index is 14.2. The third kappa shape index (κ3) is 8.62. The molecule has 1 aliphatic carbocycles. The Morgan fingerprint density at radius 2 is 1.58 bits per heavy atom. The first kappa shape index (κ1) is 38.8. The second-order valence-electron chi connectivity index (χ2n) is 13.4. The van der Waals surface area contributed by atoms with Crippen LogP contribution >= 0.6 is 0 Å². The molecule has 1 saturated carbocycles. The molecule has 0 saturated heterocycles. The largest absolute Gasteiger partial charge is 0.477 e. The van der Waals surface area contributed by atoms with Gasteiger partial charge in [0.15, 0.2) is 5.82 Å². The number of aromatic amines is 1. The number of carbonyl (C=O) groups is 4. The highest BCUT2D eigenvalue weighted by molar-refractivity contribution is 5.97. The third-order valence-corrected chi connectivity index (χ3v) is 9.78. The Hall–Kier alpha value is -5.44. The number of aromatic nitrogens is 3. The number of anilines is 1. The van der Waals surface area contributed by atoms with E-state index in [2.05, 4.69) is 20.7 Å². The fourth-order valence-corrected chi connectivity index (χ4v) is 6.47. The Bertz CT molecular complexity index is 1960. The van der Waals surface area contributed by atoms with Crippen molar-refractivity contribution in [2.45, 2.75) is 57.3 Å². The molecule has 1 atom stereocenters. The maximum Gasteiger partial charge on any atom is 0.411 e. The minimum Gasteiger partial charge on any atom is -0.477 e. The van der Waals surface area contributed by atoms with Crippen LogP contribution in [-0.4, -0.2) is 63.4 Å². The minimum atomic E-state index is -5.43. The Labute approximate surface area is 302 Å². The Morgan fingerprint density at radius 3 is 2.19 bits per heavy atom. The van der Waals surface area contributed by atoms with Gasteiger partial charge in [-0.1, -0.05) is 30.3 Å². The first-order valence-corrected chi connectivity index (χ1v) is 17.1. The summed E-state index contributed by atoms with van der Waals surface area (Å²) in [5, 5.41) is 19.2. The second kappa shape index (κ2) is 16.1. The summed E-state index contributed by atoms with van der Waals surface area (Å²) in [7, 11) is 1.56. The number of aryl methyl sites for hydroxylation is 1. The van der Waals surface area contributed by atoms with Gasteiger partial charge >= 0.3 is 17.8 Å². The summed E-state index contributed by atoms with van der Waals surface area (Å²) in [4.78, 5) is 53.6. The van der Waals surface area contributed by atoms with E-state index >= 15 is 0 Å². The number of amides is 2. The number of halogens is 4. The summed E-state index contributed by atoms with van der Waals surface area (Å²) in [6.07, 6.45) is 3.38. The molecule has 0 radical (unpaired) electrons. The first-order valence-electron chi connectivity index (χ1n) is 17.1. The van der Waals surface area contributed by atoms with Gasteiger partial charge in [0.05, 0.1) is 0 Å². The number of Topliss-reactive ketones (excluding diaryl/α,β-unsaturated/α-hetero) is 1. The van der Waals surface area contributed by atoms with Gasteiger partial charge in [-0.3, -0.25) is 19.5 Å². The highest BCUT2D eigenvalue weighted by atomic mass is 19.3. The zero-order valence-electron chi connectivity index (χ0n) is 29.1. The van der Waals surface area contributed by atoms with Crippen molar-refractivity contribution in [3.8, 4) is 22.5 Å². The van der Waals surface area contributed by atoms with Gasteiger partial charge in [0.25, 0.3) is 5.91 Å². The minimum absolute atomic E-state index is 0.0000759. The molecular weight excluding hydrogens is 696 g/mol. The molecule has 0 bridgehead atoms. The van der Waals surface area contributed by atoms with E-state index in [1.54, 1.807) is 18.2 Å².